The van der Waals surface area contributed by atoms with E-state index in [0.717, 1.165) is 12.2 Å². The molecule has 0 saturated carbocycles. The molecule has 0 bridgehead atoms. The molecule has 0 aliphatic rings. The molecule has 0 rings (SSSR count). The highest BCUT2D eigenvalue weighted by Gasteiger charge is 2.27. The van der Waals surface area contributed by atoms with Gasteiger partial charge in [0.2, 0.25) is 0 Å². The average molecular weight is 247 g/mol. The van der Waals surface area contributed by atoms with Gasteiger partial charge >= 0.3 is 6.03 Å². The number of urea groups is 1. The highest BCUT2D eigenvalue weighted by molar-refractivity contribution is 7.97. The van der Waals surface area contributed by atoms with Crippen LogP contribution in [0.1, 0.15) is 27.2 Å². The molecule has 6 heteroatoms. The van der Waals surface area contributed by atoms with Crippen LogP contribution in [0.3, 0.4) is 0 Å². The Hall–Kier alpha value is -0.910. The summed E-state index contributed by atoms with van der Waals surface area (Å²) in [6, 6.07) is -0.365. The van der Waals surface area contributed by atoms with Gasteiger partial charge in [0.05, 0.1) is 7.11 Å². The number of methoxy groups -OCH3 is 1. The number of hydrogen-bond acceptors (Lipinski definition) is 4. The number of carbonyl (C=O) groups excluding carboxylic acids is 1. The molecule has 16 heavy (non-hydrogen) atoms. The maximum atomic E-state index is 12.0. The Morgan fingerprint density at radius 1 is 1.50 bits per heavy atom. The highest BCUT2D eigenvalue weighted by Crippen LogP contribution is 2.14. The normalized spacial score (nSPS) is 11.8. The predicted octanol–water partition coefficient (Wildman–Crippen LogP) is 2.39. The number of nitrogens with one attached hydrogen (secondary N) is 1. The third-order valence-corrected chi connectivity index (χ3v) is 3.04. The summed E-state index contributed by atoms with van der Waals surface area (Å²) in [6.07, 6.45) is 0.780. The zero-order chi connectivity index (χ0) is 12.7. The van der Waals surface area contributed by atoms with Crippen LogP contribution in [0.2, 0.25) is 0 Å². The lowest BCUT2D eigenvalue weighted by molar-refractivity contribution is 0.181. The molecule has 0 aliphatic carbocycles. The molecule has 0 heterocycles. The van der Waals surface area contributed by atoms with Crippen LogP contribution < -0.4 is 0 Å². The molecule has 0 fully saturated rings. The molecular formula is C10H21N3O2S. The first-order valence-electron chi connectivity index (χ1n) is 5.31. The Balaban J connectivity index is 4.75. The van der Waals surface area contributed by atoms with Crippen LogP contribution in [0.25, 0.3) is 0 Å². The van der Waals surface area contributed by atoms with Gasteiger partial charge in [-0.15, -0.1) is 0 Å². The first-order valence-corrected chi connectivity index (χ1v) is 6.26. The minimum Gasteiger partial charge on any atom is -0.468 e. The summed E-state index contributed by atoms with van der Waals surface area (Å²) >= 11 is 1.41. The van der Waals surface area contributed by atoms with Crippen LogP contribution in [0.15, 0.2) is 0 Å². The number of amides is 2. The molecule has 0 aromatic rings. The Kier molecular flexibility index (Phi) is 6.96. The lowest BCUT2D eigenvalue weighted by atomic mass is 10.2. The van der Waals surface area contributed by atoms with Gasteiger partial charge in [-0.05, 0) is 25.3 Å². The molecule has 1 atom stereocenters. The van der Waals surface area contributed by atoms with Crippen molar-refractivity contribution in [1.29, 1.82) is 5.41 Å². The van der Waals surface area contributed by atoms with Crippen LogP contribution in [0, 0.1) is 5.41 Å². The SMILES string of the molecule is CCSN(C)C(=O)N(C(=N)OC)C(C)CC. The average Bonchev–Trinajstić information content (AvgIpc) is 2.28. The Bertz CT molecular complexity index is 248. The minimum absolute atomic E-state index is 0.0418. The topological polar surface area (TPSA) is 56.6 Å². The fourth-order valence-electron chi connectivity index (χ4n) is 1.16. The maximum absolute atomic E-state index is 12.0. The van der Waals surface area contributed by atoms with Crippen molar-refractivity contribution >= 4 is 24.0 Å². The van der Waals surface area contributed by atoms with E-state index in [4.69, 9.17) is 10.1 Å². The van der Waals surface area contributed by atoms with Gasteiger partial charge < -0.3 is 4.74 Å². The summed E-state index contributed by atoms with van der Waals surface area (Å²) in [5, 5.41) is 7.63. The van der Waals surface area contributed by atoms with Crippen LogP contribution in [0.4, 0.5) is 4.79 Å². The number of nitrogens with zero attached hydrogens (tertiary/aromatic N) is 2. The number of amidine groups is 1. The van der Waals surface area contributed by atoms with Crippen LogP contribution in [-0.4, -0.2) is 47.2 Å². The molecule has 0 spiro atoms. The lowest BCUT2D eigenvalue weighted by Gasteiger charge is -2.30. The van der Waals surface area contributed by atoms with Crippen molar-refractivity contribution in [2.45, 2.75) is 33.2 Å². The van der Waals surface area contributed by atoms with E-state index in [1.54, 1.807) is 7.05 Å². The quantitative estimate of drug-likeness (QED) is 0.471. The van der Waals surface area contributed by atoms with E-state index in [-0.39, 0.29) is 18.1 Å². The standard InChI is InChI=1S/C10H21N3O2S/c1-6-8(3)13(9(11)15-5)10(14)12(4)16-7-2/h8,11H,6-7H2,1-5H3. The largest absolute Gasteiger partial charge is 0.468 e. The molecule has 1 N–H and O–H groups in total. The highest BCUT2D eigenvalue weighted by atomic mass is 32.2. The molecule has 0 radical (unpaired) electrons. The van der Waals surface area contributed by atoms with E-state index in [0.29, 0.717) is 0 Å². The van der Waals surface area contributed by atoms with Gasteiger partial charge in [-0.25, -0.2) is 9.69 Å². The third kappa shape index (κ3) is 3.92. The van der Waals surface area contributed by atoms with E-state index in [1.807, 2.05) is 20.8 Å². The second-order valence-corrected chi connectivity index (χ2v) is 4.72. The second-order valence-electron chi connectivity index (χ2n) is 3.33. The summed E-state index contributed by atoms with van der Waals surface area (Å²) < 4.78 is 6.36. The molecule has 0 aliphatic heterocycles. The predicted molar refractivity (Wildman–Crippen MR) is 67.6 cm³/mol. The molecule has 0 aromatic heterocycles. The molecular weight excluding hydrogens is 226 g/mol. The van der Waals surface area contributed by atoms with Crippen molar-refractivity contribution < 1.29 is 9.53 Å². The smallest absolute Gasteiger partial charge is 0.338 e. The Morgan fingerprint density at radius 2 is 2.06 bits per heavy atom. The second kappa shape index (κ2) is 7.38. The van der Waals surface area contributed by atoms with Gasteiger partial charge in [-0.2, -0.15) is 0 Å². The first kappa shape index (κ1) is 15.1. The zero-order valence-electron chi connectivity index (χ0n) is 10.6. The van der Waals surface area contributed by atoms with Crippen LogP contribution in [0.5, 0.6) is 0 Å². The molecule has 94 valence electrons. The molecule has 0 saturated heterocycles. The molecule has 2 amide bonds. The summed E-state index contributed by atoms with van der Waals surface area (Å²) in [7, 11) is 3.10. The summed E-state index contributed by atoms with van der Waals surface area (Å²) in [5.41, 5.74) is 0. The Morgan fingerprint density at radius 3 is 2.44 bits per heavy atom. The molecule has 5 nitrogen and oxygen atoms in total. The van der Waals surface area contributed by atoms with Crippen molar-refractivity contribution in [1.82, 2.24) is 9.21 Å². The van der Waals surface area contributed by atoms with Gasteiger partial charge in [0.1, 0.15) is 0 Å². The van der Waals surface area contributed by atoms with E-state index in [9.17, 15) is 4.79 Å². The van der Waals surface area contributed by atoms with Gasteiger partial charge in [0, 0.05) is 18.8 Å². The number of ether oxygens (including phenoxy) is 1. The maximum Gasteiger partial charge on any atom is 0.338 e. The number of rotatable bonds is 4. The van der Waals surface area contributed by atoms with Gasteiger partial charge in [0.15, 0.2) is 0 Å². The van der Waals surface area contributed by atoms with Crippen LogP contribution in [-0.2, 0) is 4.74 Å². The summed E-state index contributed by atoms with van der Waals surface area (Å²) in [6.45, 7) is 5.85. The zero-order valence-corrected chi connectivity index (χ0v) is 11.4. The van der Waals surface area contributed by atoms with Gasteiger partial charge in [-0.3, -0.25) is 9.71 Å². The number of hydrogen-bond donors (Lipinski definition) is 1. The van der Waals surface area contributed by atoms with Crippen molar-refractivity contribution in [2.24, 2.45) is 0 Å². The van der Waals surface area contributed by atoms with Crippen LogP contribution >= 0.6 is 11.9 Å². The van der Waals surface area contributed by atoms with E-state index >= 15 is 0 Å². The first-order chi connectivity index (χ1) is 7.49. The number of carbonyl (C=O) groups is 1. The van der Waals surface area contributed by atoms with E-state index in [2.05, 4.69) is 0 Å². The monoisotopic (exact) mass is 247 g/mol. The minimum atomic E-state index is -0.215. The van der Waals surface area contributed by atoms with Crippen molar-refractivity contribution in [3.8, 4) is 0 Å². The van der Waals surface area contributed by atoms with Crippen molar-refractivity contribution in [3.63, 3.8) is 0 Å². The van der Waals surface area contributed by atoms with E-state index in [1.165, 1.54) is 28.3 Å². The third-order valence-electron chi connectivity index (χ3n) is 2.24. The molecule has 0 aromatic carbocycles. The van der Waals surface area contributed by atoms with Gasteiger partial charge in [0.25, 0.3) is 6.02 Å². The van der Waals surface area contributed by atoms with E-state index < -0.39 is 0 Å². The summed E-state index contributed by atoms with van der Waals surface area (Å²) in [5.74, 6) is 0.816. The van der Waals surface area contributed by atoms with Crippen molar-refractivity contribution in [2.75, 3.05) is 19.9 Å². The Labute approximate surface area is 102 Å². The molecule has 1 unspecified atom stereocenters. The fraction of sp³-hybridized carbons (Fsp3) is 0.800. The lowest BCUT2D eigenvalue weighted by Crippen LogP contribution is -2.47. The van der Waals surface area contributed by atoms with Gasteiger partial charge in [-0.1, -0.05) is 13.8 Å². The fourth-order valence-corrected chi connectivity index (χ4v) is 1.74. The van der Waals surface area contributed by atoms with Crippen molar-refractivity contribution in [3.05, 3.63) is 0 Å². The summed E-state index contributed by atoms with van der Waals surface area (Å²) in [4.78, 5) is 13.4.